The van der Waals surface area contributed by atoms with E-state index in [1.807, 2.05) is 24.3 Å². The van der Waals surface area contributed by atoms with Crippen molar-refractivity contribution >= 4 is 11.0 Å². The molecule has 0 saturated carbocycles. The fourth-order valence-corrected chi connectivity index (χ4v) is 2.39. The van der Waals surface area contributed by atoms with E-state index in [4.69, 9.17) is 0 Å². The van der Waals surface area contributed by atoms with Crippen molar-refractivity contribution in [2.24, 2.45) is 0 Å². The van der Waals surface area contributed by atoms with Crippen molar-refractivity contribution in [3.8, 4) is 0 Å². The van der Waals surface area contributed by atoms with E-state index in [1.165, 1.54) is 11.1 Å². The summed E-state index contributed by atoms with van der Waals surface area (Å²) in [6.45, 7) is 7.15. The molecule has 21 heavy (non-hydrogen) atoms. The van der Waals surface area contributed by atoms with E-state index >= 15 is 0 Å². The fraction of sp³-hybridized carbons (Fsp3) is 0.389. The van der Waals surface area contributed by atoms with Gasteiger partial charge in [-0.1, -0.05) is 35.4 Å². The number of imidazole rings is 1. The Morgan fingerprint density at radius 3 is 2.67 bits per heavy atom. The van der Waals surface area contributed by atoms with Gasteiger partial charge in [-0.25, -0.2) is 4.98 Å². The number of fused-ring (bicyclic) bond motifs is 1. The van der Waals surface area contributed by atoms with Crippen molar-refractivity contribution in [1.29, 1.82) is 0 Å². The summed E-state index contributed by atoms with van der Waals surface area (Å²) in [4.78, 5) is 4.47. The lowest BCUT2D eigenvalue weighted by molar-refractivity contribution is 0.267. The number of hydrogen-bond donors (Lipinski definition) is 1. The molecule has 3 nitrogen and oxygen atoms in total. The van der Waals surface area contributed by atoms with E-state index in [-0.39, 0.29) is 6.61 Å². The standard InChI is InChI=1S/C18H24N2O/c1-14(2)7-6-8-15(3)11-12-20-17-10-5-4-9-16(17)19-18(20)13-21/h4-5,7,9-11,21H,6,8,12-13H2,1-3H3/b15-11+. The molecule has 0 aliphatic heterocycles. The van der Waals surface area contributed by atoms with Gasteiger partial charge in [-0.15, -0.1) is 0 Å². The predicted molar refractivity (Wildman–Crippen MR) is 88.1 cm³/mol. The number of aromatic nitrogens is 2. The lowest BCUT2D eigenvalue weighted by Crippen LogP contribution is -2.02. The summed E-state index contributed by atoms with van der Waals surface area (Å²) in [7, 11) is 0. The molecule has 1 heterocycles. The van der Waals surface area contributed by atoms with Crippen LogP contribution in [0, 0.1) is 0 Å². The summed E-state index contributed by atoms with van der Waals surface area (Å²) in [6.07, 6.45) is 6.66. The molecule has 0 spiro atoms. The molecule has 2 aromatic rings. The van der Waals surface area contributed by atoms with Gasteiger partial charge in [0.05, 0.1) is 11.0 Å². The van der Waals surface area contributed by atoms with Crippen LogP contribution in [0.1, 0.15) is 39.4 Å². The van der Waals surface area contributed by atoms with Gasteiger partial charge in [0.2, 0.25) is 0 Å². The summed E-state index contributed by atoms with van der Waals surface area (Å²) in [5.74, 6) is 0.726. The van der Waals surface area contributed by atoms with Gasteiger partial charge < -0.3 is 9.67 Å². The molecule has 0 radical (unpaired) electrons. The lowest BCUT2D eigenvalue weighted by Gasteiger charge is -2.06. The maximum Gasteiger partial charge on any atom is 0.135 e. The van der Waals surface area contributed by atoms with Crippen LogP contribution in [0.4, 0.5) is 0 Å². The van der Waals surface area contributed by atoms with E-state index in [2.05, 4.69) is 42.5 Å². The second-order valence-electron chi connectivity index (χ2n) is 5.66. The van der Waals surface area contributed by atoms with E-state index < -0.39 is 0 Å². The van der Waals surface area contributed by atoms with Crippen LogP contribution in [0.3, 0.4) is 0 Å². The number of aliphatic hydroxyl groups excluding tert-OH is 1. The Balaban J connectivity index is 2.13. The SMILES string of the molecule is CC(C)=CCC/C(C)=C/Cn1c(CO)nc2ccccc21. The van der Waals surface area contributed by atoms with Gasteiger partial charge in [-0.05, 0) is 45.7 Å². The molecule has 0 atom stereocenters. The van der Waals surface area contributed by atoms with Gasteiger partial charge in [0.25, 0.3) is 0 Å². The Morgan fingerprint density at radius 2 is 1.95 bits per heavy atom. The summed E-state index contributed by atoms with van der Waals surface area (Å²) >= 11 is 0. The third kappa shape index (κ3) is 4.05. The number of nitrogens with zero attached hydrogens (tertiary/aromatic N) is 2. The maximum atomic E-state index is 9.48. The highest BCUT2D eigenvalue weighted by Gasteiger charge is 2.07. The minimum Gasteiger partial charge on any atom is -0.388 e. The molecule has 0 unspecified atom stereocenters. The Bertz CT molecular complexity index is 661. The van der Waals surface area contributed by atoms with Crippen molar-refractivity contribution < 1.29 is 5.11 Å². The molecule has 0 saturated heterocycles. The van der Waals surface area contributed by atoms with Crippen LogP contribution < -0.4 is 0 Å². The van der Waals surface area contributed by atoms with Crippen LogP contribution in [-0.4, -0.2) is 14.7 Å². The van der Waals surface area contributed by atoms with Gasteiger partial charge in [0.15, 0.2) is 0 Å². The normalized spacial score (nSPS) is 11.9. The van der Waals surface area contributed by atoms with Crippen molar-refractivity contribution in [3.05, 3.63) is 53.4 Å². The highest BCUT2D eigenvalue weighted by molar-refractivity contribution is 5.75. The quantitative estimate of drug-likeness (QED) is 0.806. The fourth-order valence-electron chi connectivity index (χ4n) is 2.39. The average Bonchev–Trinajstić information content (AvgIpc) is 2.82. The van der Waals surface area contributed by atoms with Gasteiger partial charge >= 0.3 is 0 Å². The molecular weight excluding hydrogens is 260 g/mol. The number of para-hydroxylation sites is 2. The monoisotopic (exact) mass is 284 g/mol. The van der Waals surface area contributed by atoms with E-state index in [0.717, 1.165) is 36.2 Å². The van der Waals surface area contributed by atoms with Crippen LogP contribution in [0.2, 0.25) is 0 Å². The van der Waals surface area contributed by atoms with Gasteiger partial charge in [0, 0.05) is 6.54 Å². The Kier molecular flexibility index (Phi) is 5.34. The van der Waals surface area contributed by atoms with Gasteiger partial charge in [-0.2, -0.15) is 0 Å². The minimum absolute atomic E-state index is 0.0284. The first-order chi connectivity index (χ1) is 10.1. The largest absolute Gasteiger partial charge is 0.388 e. The molecule has 1 aromatic carbocycles. The lowest BCUT2D eigenvalue weighted by atomic mass is 10.1. The van der Waals surface area contributed by atoms with Gasteiger partial charge in [0.1, 0.15) is 12.4 Å². The molecular formula is C18H24N2O. The maximum absolute atomic E-state index is 9.48. The zero-order valence-corrected chi connectivity index (χ0v) is 13.1. The topological polar surface area (TPSA) is 38.0 Å². The average molecular weight is 284 g/mol. The van der Waals surface area contributed by atoms with Crippen molar-refractivity contribution in [3.63, 3.8) is 0 Å². The first-order valence-electron chi connectivity index (χ1n) is 7.46. The molecule has 1 N–H and O–H groups in total. The third-order valence-electron chi connectivity index (χ3n) is 3.59. The second-order valence-corrected chi connectivity index (χ2v) is 5.66. The zero-order valence-electron chi connectivity index (χ0n) is 13.1. The van der Waals surface area contributed by atoms with Crippen LogP contribution >= 0.6 is 0 Å². The van der Waals surface area contributed by atoms with Crippen molar-refractivity contribution in [2.45, 2.75) is 46.8 Å². The molecule has 0 amide bonds. The third-order valence-corrected chi connectivity index (χ3v) is 3.59. The van der Waals surface area contributed by atoms with Crippen LogP contribution in [-0.2, 0) is 13.2 Å². The summed E-state index contributed by atoms with van der Waals surface area (Å²) in [5.41, 5.74) is 4.76. The second kappa shape index (κ2) is 7.23. The number of benzene rings is 1. The first-order valence-corrected chi connectivity index (χ1v) is 7.46. The molecule has 0 bridgehead atoms. The van der Waals surface area contributed by atoms with Crippen LogP contribution in [0.5, 0.6) is 0 Å². The number of allylic oxidation sites excluding steroid dienone is 4. The van der Waals surface area contributed by atoms with E-state index in [1.54, 1.807) is 0 Å². The van der Waals surface area contributed by atoms with Crippen molar-refractivity contribution in [2.75, 3.05) is 0 Å². The highest BCUT2D eigenvalue weighted by Crippen LogP contribution is 2.17. The highest BCUT2D eigenvalue weighted by atomic mass is 16.3. The number of aliphatic hydroxyl groups is 1. The zero-order chi connectivity index (χ0) is 15.2. The Labute approximate surface area is 126 Å². The van der Waals surface area contributed by atoms with Crippen LogP contribution in [0.25, 0.3) is 11.0 Å². The summed E-state index contributed by atoms with van der Waals surface area (Å²) in [6, 6.07) is 8.01. The summed E-state index contributed by atoms with van der Waals surface area (Å²) in [5, 5.41) is 9.48. The molecule has 112 valence electrons. The Hall–Kier alpha value is -1.87. The molecule has 0 aliphatic rings. The minimum atomic E-state index is -0.0284. The molecule has 3 heteroatoms. The predicted octanol–water partition coefficient (Wildman–Crippen LogP) is 4.22. The Morgan fingerprint density at radius 1 is 1.19 bits per heavy atom. The smallest absolute Gasteiger partial charge is 0.135 e. The van der Waals surface area contributed by atoms with Crippen molar-refractivity contribution in [1.82, 2.24) is 9.55 Å². The molecule has 0 aliphatic carbocycles. The van der Waals surface area contributed by atoms with Crippen LogP contribution in [0.15, 0.2) is 47.6 Å². The number of hydrogen-bond acceptors (Lipinski definition) is 2. The molecule has 0 fully saturated rings. The van der Waals surface area contributed by atoms with E-state index in [9.17, 15) is 5.11 Å². The van der Waals surface area contributed by atoms with Gasteiger partial charge in [-0.3, -0.25) is 0 Å². The summed E-state index contributed by atoms with van der Waals surface area (Å²) < 4.78 is 2.08. The first kappa shape index (κ1) is 15.5. The molecule has 2 rings (SSSR count). The number of rotatable bonds is 6. The van der Waals surface area contributed by atoms with E-state index in [0.29, 0.717) is 0 Å². The molecule has 1 aromatic heterocycles.